The van der Waals surface area contributed by atoms with Crippen molar-refractivity contribution in [3.05, 3.63) is 0 Å². The van der Waals surface area contributed by atoms with E-state index in [4.69, 9.17) is 0 Å². The second-order valence-corrected chi connectivity index (χ2v) is 12.2. The summed E-state index contributed by atoms with van der Waals surface area (Å²) in [6.45, 7) is 4.93. The molecule has 0 heterocycles. The van der Waals surface area contributed by atoms with Crippen molar-refractivity contribution in [1.29, 1.82) is 0 Å². The second-order valence-electron chi connectivity index (χ2n) is 12.2. The van der Waals surface area contributed by atoms with Crippen molar-refractivity contribution in [2.45, 2.75) is 129 Å². The smallest absolute Gasteiger partial charge is 0.0571 e. The normalized spacial score (nSPS) is 41.1. The van der Waals surface area contributed by atoms with Crippen LogP contribution in [0.25, 0.3) is 0 Å². The molecule has 4 rings (SSSR count). The van der Waals surface area contributed by atoms with Crippen molar-refractivity contribution in [2.75, 3.05) is 0 Å². The van der Waals surface area contributed by atoms with Gasteiger partial charge in [-0.2, -0.15) is 0 Å². The fourth-order valence-electron chi connectivity index (χ4n) is 8.76. The summed E-state index contributed by atoms with van der Waals surface area (Å²) in [5.41, 5.74) is 0. The van der Waals surface area contributed by atoms with Gasteiger partial charge in [-0.15, -0.1) is 0 Å². The molecule has 4 fully saturated rings. The van der Waals surface area contributed by atoms with E-state index in [0.717, 1.165) is 48.3 Å². The first-order valence-corrected chi connectivity index (χ1v) is 13.9. The van der Waals surface area contributed by atoms with E-state index in [-0.39, 0.29) is 12.2 Å². The Bertz CT molecular complexity index is 463. The first-order chi connectivity index (χ1) is 14.5. The number of rotatable bonds is 5. The lowest BCUT2D eigenvalue weighted by atomic mass is 9.58. The molecule has 2 nitrogen and oxygen atoms in total. The van der Waals surface area contributed by atoms with Gasteiger partial charge in [0.25, 0.3) is 0 Å². The van der Waals surface area contributed by atoms with Gasteiger partial charge < -0.3 is 10.2 Å². The van der Waals surface area contributed by atoms with E-state index in [0.29, 0.717) is 11.8 Å². The largest absolute Gasteiger partial charge is 0.393 e. The van der Waals surface area contributed by atoms with Gasteiger partial charge in [-0.05, 0) is 85.9 Å². The Labute approximate surface area is 186 Å². The Morgan fingerprint density at radius 3 is 1.30 bits per heavy atom. The molecule has 0 bridgehead atoms. The van der Waals surface area contributed by atoms with Crippen LogP contribution in [-0.4, -0.2) is 22.4 Å². The van der Waals surface area contributed by atoms with Crippen LogP contribution in [-0.2, 0) is 0 Å². The summed E-state index contributed by atoms with van der Waals surface area (Å²) in [5, 5.41) is 21.8. The molecule has 0 aromatic heterocycles. The molecule has 0 spiro atoms. The lowest BCUT2D eigenvalue weighted by molar-refractivity contribution is -0.0466. The molecule has 0 amide bonds. The molecule has 2 heteroatoms. The van der Waals surface area contributed by atoms with E-state index in [1.54, 1.807) is 0 Å². The monoisotopic (exact) mass is 418 g/mol. The highest BCUT2D eigenvalue weighted by atomic mass is 16.3. The van der Waals surface area contributed by atoms with Gasteiger partial charge in [-0.3, -0.25) is 0 Å². The predicted octanol–water partition coefficient (Wildman–Crippen LogP) is 6.97. The van der Waals surface area contributed by atoms with Crippen LogP contribution in [0.15, 0.2) is 0 Å². The Kier molecular flexibility index (Phi) is 8.23. The number of hydrogen-bond donors (Lipinski definition) is 2. The van der Waals surface area contributed by atoms with E-state index in [1.807, 2.05) is 0 Å². The van der Waals surface area contributed by atoms with Crippen LogP contribution < -0.4 is 0 Å². The van der Waals surface area contributed by atoms with Crippen LogP contribution in [0.5, 0.6) is 0 Å². The zero-order valence-electron chi connectivity index (χ0n) is 20.0. The third kappa shape index (κ3) is 5.28. The van der Waals surface area contributed by atoms with Gasteiger partial charge in [-0.1, -0.05) is 78.1 Å². The molecule has 0 aromatic rings. The van der Waals surface area contributed by atoms with Crippen LogP contribution in [0.4, 0.5) is 0 Å². The Balaban J connectivity index is 1.44. The minimum Gasteiger partial charge on any atom is -0.393 e. The molecule has 0 radical (unpaired) electrons. The van der Waals surface area contributed by atoms with E-state index in [1.165, 1.54) is 89.9 Å². The summed E-state index contributed by atoms with van der Waals surface area (Å²) in [6, 6.07) is 0. The highest BCUT2D eigenvalue weighted by Gasteiger charge is 2.44. The minimum atomic E-state index is -0.0414. The molecule has 30 heavy (non-hydrogen) atoms. The third-order valence-electron chi connectivity index (χ3n) is 10.2. The quantitative estimate of drug-likeness (QED) is 0.506. The Morgan fingerprint density at radius 1 is 0.533 bits per heavy atom. The van der Waals surface area contributed by atoms with Crippen LogP contribution >= 0.6 is 0 Å². The number of hydrogen-bond acceptors (Lipinski definition) is 2. The molecule has 4 saturated carbocycles. The molecule has 6 atom stereocenters. The maximum absolute atomic E-state index is 10.9. The Hall–Kier alpha value is -0.0800. The van der Waals surface area contributed by atoms with Gasteiger partial charge in [0.15, 0.2) is 0 Å². The summed E-state index contributed by atoms with van der Waals surface area (Å²) in [4.78, 5) is 0. The summed E-state index contributed by atoms with van der Waals surface area (Å²) in [7, 11) is 0. The minimum absolute atomic E-state index is 0.0414. The molecule has 2 N–H and O–H groups in total. The average Bonchev–Trinajstić information content (AvgIpc) is 2.77. The molecule has 174 valence electrons. The van der Waals surface area contributed by atoms with Crippen molar-refractivity contribution in [1.82, 2.24) is 0 Å². The lowest BCUT2D eigenvalue weighted by Crippen LogP contribution is -2.43. The van der Waals surface area contributed by atoms with Gasteiger partial charge in [0.2, 0.25) is 0 Å². The third-order valence-corrected chi connectivity index (χ3v) is 10.2. The lowest BCUT2D eigenvalue weighted by Gasteiger charge is -2.48. The molecule has 0 aromatic carbocycles. The van der Waals surface area contributed by atoms with Gasteiger partial charge in [0.05, 0.1) is 12.2 Å². The van der Waals surface area contributed by atoms with Crippen molar-refractivity contribution in [3.63, 3.8) is 0 Å². The number of aliphatic hydroxyl groups excluding tert-OH is 2. The summed E-state index contributed by atoms with van der Waals surface area (Å²) < 4.78 is 0. The van der Waals surface area contributed by atoms with Crippen molar-refractivity contribution >= 4 is 0 Å². The number of aliphatic hydroxyl groups is 2. The topological polar surface area (TPSA) is 40.5 Å². The van der Waals surface area contributed by atoms with Gasteiger partial charge >= 0.3 is 0 Å². The molecule has 6 unspecified atom stereocenters. The molecule has 4 aliphatic rings. The van der Waals surface area contributed by atoms with Crippen molar-refractivity contribution in [2.24, 2.45) is 47.3 Å². The predicted molar refractivity (Wildman–Crippen MR) is 125 cm³/mol. The molecule has 4 aliphatic carbocycles. The van der Waals surface area contributed by atoms with Gasteiger partial charge in [0, 0.05) is 0 Å². The highest BCUT2D eigenvalue weighted by molar-refractivity contribution is 4.94. The van der Waals surface area contributed by atoms with Gasteiger partial charge in [-0.25, -0.2) is 0 Å². The summed E-state index contributed by atoms with van der Waals surface area (Å²) in [5.74, 6) is 5.81. The molecule has 0 aliphatic heterocycles. The molecular formula is C28H50O2. The van der Waals surface area contributed by atoms with Crippen LogP contribution in [0, 0.1) is 47.3 Å². The maximum Gasteiger partial charge on any atom is 0.0571 e. The molecular weight excluding hydrogens is 368 g/mol. The zero-order chi connectivity index (χ0) is 21.1. The van der Waals surface area contributed by atoms with E-state index in [9.17, 15) is 10.2 Å². The Morgan fingerprint density at radius 2 is 0.933 bits per heavy atom. The fraction of sp³-hybridized carbons (Fsp3) is 1.00. The first kappa shape index (κ1) is 23.1. The fourth-order valence-corrected chi connectivity index (χ4v) is 8.76. The van der Waals surface area contributed by atoms with Crippen molar-refractivity contribution in [3.8, 4) is 0 Å². The summed E-state index contributed by atoms with van der Waals surface area (Å²) in [6.07, 6.45) is 20.8. The second kappa shape index (κ2) is 10.7. The van der Waals surface area contributed by atoms with Crippen molar-refractivity contribution < 1.29 is 10.2 Å². The van der Waals surface area contributed by atoms with E-state index in [2.05, 4.69) is 13.8 Å². The van der Waals surface area contributed by atoms with E-state index >= 15 is 0 Å². The van der Waals surface area contributed by atoms with Gasteiger partial charge in [0.1, 0.15) is 0 Å². The SMILES string of the molecule is CC(C)C(C1CCC(O)C(C2CCCCC2)C1)C1CCC(O)C(C2CCCCC2)C1. The first-order valence-electron chi connectivity index (χ1n) is 13.9. The highest BCUT2D eigenvalue weighted by Crippen LogP contribution is 2.50. The van der Waals surface area contributed by atoms with Crippen LogP contribution in [0.2, 0.25) is 0 Å². The standard InChI is InChI=1S/C28H50O2/c1-19(2)28(22-13-15-26(29)24(17-22)20-9-5-3-6-10-20)23-14-16-27(30)25(18-23)21-11-7-4-8-12-21/h19-30H,3-18H2,1-2H3. The molecule has 0 saturated heterocycles. The zero-order valence-corrected chi connectivity index (χ0v) is 20.0. The van der Waals surface area contributed by atoms with E-state index < -0.39 is 0 Å². The summed E-state index contributed by atoms with van der Waals surface area (Å²) >= 11 is 0. The van der Waals surface area contributed by atoms with Crippen LogP contribution in [0.3, 0.4) is 0 Å². The maximum atomic E-state index is 10.9. The average molecular weight is 419 g/mol. The van der Waals surface area contributed by atoms with Crippen LogP contribution in [0.1, 0.15) is 117 Å².